The summed E-state index contributed by atoms with van der Waals surface area (Å²) in [5, 5.41) is 3.36. The number of esters is 1. The molecular weight excluding hydrogens is 246 g/mol. The first-order valence-electron chi connectivity index (χ1n) is 6.42. The number of hydrogen-bond acceptors (Lipinski definition) is 4. The number of ether oxygens (including phenoxy) is 1. The molecule has 1 aliphatic rings. The third kappa shape index (κ3) is 3.75. The fourth-order valence-electron chi connectivity index (χ4n) is 1.89. The predicted molar refractivity (Wildman–Crippen MR) is 73.7 cm³/mol. The van der Waals surface area contributed by atoms with Crippen molar-refractivity contribution in [1.82, 2.24) is 5.32 Å². The SMILES string of the molecule is CCCNCc1cccc(SC2CCOC2=O)c1. The minimum absolute atomic E-state index is 0.0242. The second-order valence-electron chi connectivity index (χ2n) is 4.39. The van der Waals surface area contributed by atoms with Crippen LogP contribution in [0.1, 0.15) is 25.3 Å². The van der Waals surface area contributed by atoms with Crippen molar-refractivity contribution in [2.45, 2.75) is 36.5 Å². The zero-order chi connectivity index (χ0) is 12.8. The number of hydrogen-bond donors (Lipinski definition) is 1. The molecule has 1 N–H and O–H groups in total. The van der Waals surface area contributed by atoms with E-state index in [1.807, 2.05) is 6.07 Å². The highest BCUT2D eigenvalue weighted by Crippen LogP contribution is 2.29. The van der Waals surface area contributed by atoms with E-state index in [9.17, 15) is 4.79 Å². The molecular formula is C14H19NO2S. The number of thioether (sulfide) groups is 1. The predicted octanol–water partition coefficient (Wildman–Crippen LogP) is 2.59. The Bertz CT molecular complexity index is 409. The molecule has 3 nitrogen and oxygen atoms in total. The van der Waals surface area contributed by atoms with E-state index >= 15 is 0 Å². The lowest BCUT2D eigenvalue weighted by Gasteiger charge is -2.08. The van der Waals surface area contributed by atoms with Gasteiger partial charge < -0.3 is 10.1 Å². The van der Waals surface area contributed by atoms with Gasteiger partial charge in [-0.2, -0.15) is 0 Å². The summed E-state index contributed by atoms with van der Waals surface area (Å²) < 4.78 is 4.98. The van der Waals surface area contributed by atoms with Gasteiger partial charge in [-0.25, -0.2) is 0 Å². The van der Waals surface area contributed by atoms with Crippen molar-refractivity contribution in [2.75, 3.05) is 13.2 Å². The Morgan fingerprint density at radius 2 is 2.39 bits per heavy atom. The molecule has 1 aliphatic heterocycles. The second kappa shape index (κ2) is 6.81. The number of cyclic esters (lactones) is 1. The third-order valence-electron chi connectivity index (χ3n) is 2.82. The van der Waals surface area contributed by atoms with E-state index in [0.29, 0.717) is 6.61 Å². The molecule has 98 valence electrons. The molecule has 0 amide bonds. The maximum Gasteiger partial charge on any atom is 0.319 e. The molecule has 0 spiro atoms. The summed E-state index contributed by atoms with van der Waals surface area (Å²) in [6, 6.07) is 8.36. The fourth-order valence-corrected chi connectivity index (χ4v) is 2.97. The molecule has 2 rings (SSSR count). The van der Waals surface area contributed by atoms with Gasteiger partial charge in [-0.1, -0.05) is 19.1 Å². The molecule has 0 saturated carbocycles. The molecule has 18 heavy (non-hydrogen) atoms. The second-order valence-corrected chi connectivity index (χ2v) is 5.66. The Morgan fingerprint density at radius 3 is 3.11 bits per heavy atom. The normalized spacial score (nSPS) is 18.9. The third-order valence-corrected chi connectivity index (χ3v) is 4.06. The van der Waals surface area contributed by atoms with Crippen LogP contribution in [0.2, 0.25) is 0 Å². The molecule has 1 saturated heterocycles. The maximum atomic E-state index is 11.4. The van der Waals surface area contributed by atoms with E-state index in [-0.39, 0.29) is 11.2 Å². The van der Waals surface area contributed by atoms with Crippen LogP contribution in [0.3, 0.4) is 0 Å². The zero-order valence-electron chi connectivity index (χ0n) is 10.6. The Kier molecular flexibility index (Phi) is 5.08. The highest BCUT2D eigenvalue weighted by Gasteiger charge is 2.27. The van der Waals surface area contributed by atoms with Gasteiger partial charge in [0.2, 0.25) is 0 Å². The van der Waals surface area contributed by atoms with Crippen LogP contribution in [-0.4, -0.2) is 24.4 Å². The van der Waals surface area contributed by atoms with Gasteiger partial charge in [0.05, 0.1) is 6.61 Å². The number of nitrogens with one attached hydrogen (secondary N) is 1. The van der Waals surface area contributed by atoms with Gasteiger partial charge in [-0.05, 0) is 30.7 Å². The number of benzene rings is 1. The van der Waals surface area contributed by atoms with E-state index in [1.54, 1.807) is 11.8 Å². The zero-order valence-corrected chi connectivity index (χ0v) is 11.5. The van der Waals surface area contributed by atoms with Crippen LogP contribution in [0.5, 0.6) is 0 Å². The summed E-state index contributed by atoms with van der Waals surface area (Å²) in [6.45, 7) is 4.64. The van der Waals surface area contributed by atoms with Gasteiger partial charge >= 0.3 is 5.97 Å². The van der Waals surface area contributed by atoms with Gasteiger partial charge in [0.15, 0.2) is 0 Å². The Balaban J connectivity index is 1.92. The Labute approximate surface area is 112 Å². The van der Waals surface area contributed by atoms with Crippen LogP contribution in [-0.2, 0) is 16.1 Å². The smallest absolute Gasteiger partial charge is 0.319 e. The van der Waals surface area contributed by atoms with Gasteiger partial charge in [0, 0.05) is 17.9 Å². The summed E-state index contributed by atoms with van der Waals surface area (Å²) in [5.41, 5.74) is 1.26. The van der Waals surface area contributed by atoms with Crippen LogP contribution in [0.4, 0.5) is 0 Å². The van der Waals surface area contributed by atoms with Crippen LogP contribution < -0.4 is 5.32 Å². The molecule has 0 aliphatic carbocycles. The summed E-state index contributed by atoms with van der Waals surface area (Å²) in [7, 11) is 0. The number of carbonyl (C=O) groups is 1. The van der Waals surface area contributed by atoms with Crippen molar-refractivity contribution in [3.05, 3.63) is 29.8 Å². The van der Waals surface area contributed by atoms with Crippen LogP contribution in [0, 0.1) is 0 Å². The molecule has 1 aromatic rings. The summed E-state index contributed by atoms with van der Waals surface area (Å²) in [5.74, 6) is -0.0745. The molecule has 0 radical (unpaired) electrons. The van der Waals surface area contributed by atoms with Crippen molar-refractivity contribution >= 4 is 17.7 Å². The average Bonchev–Trinajstić information content (AvgIpc) is 2.76. The van der Waals surface area contributed by atoms with Gasteiger partial charge in [-0.3, -0.25) is 4.79 Å². The summed E-state index contributed by atoms with van der Waals surface area (Å²) in [4.78, 5) is 12.6. The lowest BCUT2D eigenvalue weighted by atomic mass is 10.2. The lowest BCUT2D eigenvalue weighted by Crippen LogP contribution is -2.13. The number of rotatable bonds is 6. The summed E-state index contributed by atoms with van der Waals surface area (Å²) in [6.07, 6.45) is 1.96. The minimum Gasteiger partial charge on any atom is -0.465 e. The average molecular weight is 265 g/mol. The quantitative estimate of drug-likeness (QED) is 0.634. The van der Waals surface area contributed by atoms with E-state index in [4.69, 9.17) is 4.74 Å². The fraction of sp³-hybridized carbons (Fsp3) is 0.500. The molecule has 1 heterocycles. The molecule has 1 aromatic carbocycles. The van der Waals surface area contributed by atoms with E-state index in [2.05, 4.69) is 30.4 Å². The Hall–Kier alpha value is -1.00. The van der Waals surface area contributed by atoms with Crippen molar-refractivity contribution in [3.8, 4) is 0 Å². The molecule has 1 atom stereocenters. The van der Waals surface area contributed by atoms with E-state index < -0.39 is 0 Å². The first kappa shape index (κ1) is 13.4. The molecule has 1 fully saturated rings. The summed E-state index contributed by atoms with van der Waals surface area (Å²) >= 11 is 1.61. The molecule has 0 bridgehead atoms. The van der Waals surface area contributed by atoms with Crippen molar-refractivity contribution in [3.63, 3.8) is 0 Å². The largest absolute Gasteiger partial charge is 0.465 e. The topological polar surface area (TPSA) is 38.3 Å². The molecule has 1 unspecified atom stereocenters. The highest BCUT2D eigenvalue weighted by atomic mass is 32.2. The molecule has 4 heteroatoms. The van der Waals surface area contributed by atoms with Crippen LogP contribution in [0.25, 0.3) is 0 Å². The number of carbonyl (C=O) groups excluding carboxylic acids is 1. The minimum atomic E-state index is -0.0745. The standard InChI is InChI=1S/C14H19NO2S/c1-2-7-15-10-11-4-3-5-12(9-11)18-13-6-8-17-14(13)16/h3-5,9,13,15H,2,6-8,10H2,1H3. The highest BCUT2D eigenvalue weighted by molar-refractivity contribution is 8.00. The van der Waals surface area contributed by atoms with Crippen molar-refractivity contribution < 1.29 is 9.53 Å². The van der Waals surface area contributed by atoms with Gasteiger partial charge in [0.1, 0.15) is 5.25 Å². The Morgan fingerprint density at radius 1 is 1.50 bits per heavy atom. The van der Waals surface area contributed by atoms with Gasteiger partial charge in [0.25, 0.3) is 0 Å². The molecule has 0 aromatic heterocycles. The van der Waals surface area contributed by atoms with Crippen molar-refractivity contribution in [1.29, 1.82) is 0 Å². The monoisotopic (exact) mass is 265 g/mol. The van der Waals surface area contributed by atoms with E-state index in [1.165, 1.54) is 5.56 Å². The van der Waals surface area contributed by atoms with Crippen molar-refractivity contribution in [2.24, 2.45) is 0 Å². The first-order valence-corrected chi connectivity index (χ1v) is 7.30. The van der Waals surface area contributed by atoms with Crippen LogP contribution >= 0.6 is 11.8 Å². The van der Waals surface area contributed by atoms with E-state index in [0.717, 1.165) is 30.8 Å². The lowest BCUT2D eigenvalue weighted by molar-refractivity contribution is -0.137. The maximum absolute atomic E-state index is 11.4. The first-order chi connectivity index (χ1) is 8.79. The van der Waals surface area contributed by atoms with Gasteiger partial charge in [-0.15, -0.1) is 11.8 Å². The van der Waals surface area contributed by atoms with Crippen LogP contribution in [0.15, 0.2) is 29.2 Å².